The normalized spacial score (nSPS) is 11.4. The molecule has 1 aromatic heterocycles. The summed E-state index contributed by atoms with van der Waals surface area (Å²) < 4.78 is 0. The highest BCUT2D eigenvalue weighted by atomic mass is 35.5. The maximum Gasteiger partial charge on any atom is 0.0761 e. The molecular weight excluding hydrogens is 260 g/mol. The van der Waals surface area contributed by atoms with Crippen molar-refractivity contribution in [1.82, 2.24) is 4.98 Å². The van der Waals surface area contributed by atoms with Gasteiger partial charge in [-0.3, -0.25) is 0 Å². The summed E-state index contributed by atoms with van der Waals surface area (Å²) >= 11 is 6.23. The maximum atomic E-state index is 8.86. The van der Waals surface area contributed by atoms with Crippen LogP contribution in [-0.2, 0) is 0 Å². The van der Waals surface area contributed by atoms with Crippen molar-refractivity contribution in [1.29, 1.82) is 0 Å². The van der Waals surface area contributed by atoms with Crippen molar-refractivity contribution < 1.29 is 5.21 Å². The third kappa shape index (κ3) is 1.98. The zero-order valence-electron chi connectivity index (χ0n) is 9.97. The molecule has 3 aromatic rings. The average molecular weight is 271 g/mol. The van der Waals surface area contributed by atoms with Gasteiger partial charge in [-0.05, 0) is 12.1 Å². The Morgan fingerprint density at radius 2 is 1.79 bits per heavy atom. The molecule has 0 saturated heterocycles. The lowest BCUT2D eigenvalue weighted by atomic mass is 10.1. The van der Waals surface area contributed by atoms with E-state index < -0.39 is 0 Å². The van der Waals surface area contributed by atoms with Crippen LogP contribution in [0.5, 0.6) is 0 Å². The number of halogens is 1. The van der Waals surface area contributed by atoms with Crippen molar-refractivity contribution in [2.45, 2.75) is 0 Å². The molecular formula is C15H11ClN2O. The molecule has 0 amide bonds. The van der Waals surface area contributed by atoms with E-state index in [-0.39, 0.29) is 0 Å². The molecule has 0 aliphatic heterocycles. The van der Waals surface area contributed by atoms with Gasteiger partial charge in [-0.15, -0.1) is 0 Å². The van der Waals surface area contributed by atoms with Crippen LogP contribution < -0.4 is 0 Å². The molecule has 4 heteroatoms. The first kappa shape index (κ1) is 11.8. The van der Waals surface area contributed by atoms with Crippen LogP contribution in [0.25, 0.3) is 22.2 Å². The van der Waals surface area contributed by atoms with Crippen LogP contribution in [0.1, 0.15) is 5.56 Å². The summed E-state index contributed by atoms with van der Waals surface area (Å²) in [6, 6.07) is 15.4. The van der Waals surface area contributed by atoms with Crippen LogP contribution in [0.4, 0.5) is 0 Å². The quantitative estimate of drug-likeness (QED) is 0.407. The molecule has 0 aliphatic rings. The van der Waals surface area contributed by atoms with Gasteiger partial charge >= 0.3 is 0 Å². The molecule has 0 aliphatic carbocycles. The van der Waals surface area contributed by atoms with Gasteiger partial charge in [-0.25, -0.2) is 0 Å². The summed E-state index contributed by atoms with van der Waals surface area (Å²) in [6.45, 7) is 0. The van der Waals surface area contributed by atoms with Gasteiger partial charge < -0.3 is 10.2 Å². The van der Waals surface area contributed by atoms with Gasteiger partial charge in [0.15, 0.2) is 0 Å². The van der Waals surface area contributed by atoms with E-state index in [4.69, 9.17) is 16.8 Å². The third-order valence-electron chi connectivity index (χ3n) is 3.08. The Morgan fingerprint density at radius 3 is 2.58 bits per heavy atom. The highest BCUT2D eigenvalue weighted by Gasteiger charge is 2.13. The van der Waals surface area contributed by atoms with Crippen molar-refractivity contribution in [3.8, 4) is 11.3 Å². The molecule has 0 atom stereocenters. The Bertz CT molecular complexity index is 762. The van der Waals surface area contributed by atoms with Crippen LogP contribution in [0, 0.1) is 0 Å². The Morgan fingerprint density at radius 1 is 1.05 bits per heavy atom. The smallest absolute Gasteiger partial charge is 0.0761 e. The van der Waals surface area contributed by atoms with E-state index in [0.29, 0.717) is 5.02 Å². The van der Waals surface area contributed by atoms with E-state index in [1.165, 1.54) is 6.21 Å². The topological polar surface area (TPSA) is 48.4 Å². The fraction of sp³-hybridized carbons (Fsp3) is 0. The second kappa shape index (κ2) is 4.78. The largest absolute Gasteiger partial charge is 0.411 e. The number of nitrogens with one attached hydrogen (secondary N) is 1. The van der Waals surface area contributed by atoms with Gasteiger partial charge in [0, 0.05) is 27.1 Å². The van der Waals surface area contributed by atoms with Crippen molar-refractivity contribution in [2.75, 3.05) is 0 Å². The summed E-state index contributed by atoms with van der Waals surface area (Å²) in [5.74, 6) is 0. The number of aromatic nitrogens is 1. The minimum Gasteiger partial charge on any atom is -0.411 e. The minimum absolute atomic E-state index is 0.654. The lowest BCUT2D eigenvalue weighted by Crippen LogP contribution is -1.86. The molecule has 0 fully saturated rings. The highest BCUT2D eigenvalue weighted by molar-refractivity contribution is 6.33. The number of para-hydroxylation sites is 1. The van der Waals surface area contributed by atoms with Gasteiger partial charge in [0.25, 0.3) is 0 Å². The molecule has 2 N–H and O–H groups in total. The first-order chi connectivity index (χ1) is 9.31. The average Bonchev–Trinajstić information content (AvgIpc) is 2.79. The summed E-state index contributed by atoms with van der Waals surface area (Å²) in [5.41, 5.74) is 3.54. The Hall–Kier alpha value is -2.26. The van der Waals surface area contributed by atoms with Crippen molar-refractivity contribution >= 4 is 28.7 Å². The molecule has 3 nitrogen and oxygen atoms in total. The zero-order valence-corrected chi connectivity index (χ0v) is 10.7. The number of aromatic amines is 1. The van der Waals surface area contributed by atoms with Crippen molar-refractivity contribution in [3.63, 3.8) is 0 Å². The van der Waals surface area contributed by atoms with Gasteiger partial charge in [-0.1, -0.05) is 53.2 Å². The fourth-order valence-electron chi connectivity index (χ4n) is 2.23. The summed E-state index contributed by atoms with van der Waals surface area (Å²) in [7, 11) is 0. The molecule has 0 saturated carbocycles. The fourth-order valence-corrected chi connectivity index (χ4v) is 2.46. The van der Waals surface area contributed by atoms with Crippen LogP contribution in [0.3, 0.4) is 0 Å². The molecule has 0 unspecified atom stereocenters. The molecule has 94 valence electrons. The van der Waals surface area contributed by atoms with Gasteiger partial charge in [-0.2, -0.15) is 0 Å². The van der Waals surface area contributed by atoms with Gasteiger partial charge in [0.1, 0.15) is 0 Å². The molecule has 2 aromatic carbocycles. The lowest BCUT2D eigenvalue weighted by molar-refractivity contribution is 0.322. The number of hydrogen-bond donors (Lipinski definition) is 2. The van der Waals surface area contributed by atoms with Gasteiger partial charge in [0.2, 0.25) is 0 Å². The lowest BCUT2D eigenvalue weighted by Gasteiger charge is -2.02. The molecule has 0 radical (unpaired) electrons. The van der Waals surface area contributed by atoms with E-state index in [9.17, 15) is 0 Å². The summed E-state index contributed by atoms with van der Waals surface area (Å²) in [4.78, 5) is 3.32. The Labute approximate surface area is 115 Å². The van der Waals surface area contributed by atoms with E-state index in [1.54, 1.807) is 0 Å². The number of H-pyrrole nitrogens is 1. The van der Waals surface area contributed by atoms with Crippen molar-refractivity contribution in [2.24, 2.45) is 5.16 Å². The zero-order chi connectivity index (χ0) is 13.2. The Kier molecular flexibility index (Phi) is 2.97. The van der Waals surface area contributed by atoms with E-state index in [0.717, 1.165) is 27.7 Å². The third-order valence-corrected chi connectivity index (χ3v) is 3.41. The van der Waals surface area contributed by atoms with Crippen molar-refractivity contribution in [3.05, 3.63) is 59.1 Å². The number of oxime groups is 1. The number of fused-ring (bicyclic) bond motifs is 1. The molecule has 0 spiro atoms. The number of benzene rings is 2. The van der Waals surface area contributed by atoms with E-state index >= 15 is 0 Å². The summed E-state index contributed by atoms with van der Waals surface area (Å²) in [5, 5.41) is 13.7. The number of rotatable bonds is 2. The molecule has 1 heterocycles. The maximum absolute atomic E-state index is 8.86. The first-order valence-electron chi connectivity index (χ1n) is 5.84. The van der Waals surface area contributed by atoms with Gasteiger partial charge in [0.05, 0.1) is 11.9 Å². The second-order valence-corrected chi connectivity index (χ2v) is 4.59. The van der Waals surface area contributed by atoms with Crippen LogP contribution in [-0.4, -0.2) is 16.4 Å². The molecule has 0 bridgehead atoms. The van der Waals surface area contributed by atoms with Crippen LogP contribution in [0.2, 0.25) is 5.02 Å². The van der Waals surface area contributed by atoms with E-state index in [1.807, 2.05) is 48.5 Å². The standard InChI is InChI=1S/C15H11ClN2O/c16-13-7-3-1-6-11(13)15-12(9-17-19)10-5-2-4-8-14(10)18-15/h1-9,18-19H. The summed E-state index contributed by atoms with van der Waals surface area (Å²) in [6.07, 6.45) is 1.43. The first-order valence-corrected chi connectivity index (χ1v) is 6.22. The molecule has 19 heavy (non-hydrogen) atoms. The second-order valence-electron chi connectivity index (χ2n) is 4.18. The SMILES string of the molecule is ON=Cc1c(-c2ccccc2Cl)[nH]c2ccccc12. The predicted molar refractivity (Wildman–Crippen MR) is 78.1 cm³/mol. The molecule has 3 rings (SSSR count). The Balaban J connectivity index is 2.35. The highest BCUT2D eigenvalue weighted by Crippen LogP contribution is 2.33. The number of nitrogens with zero attached hydrogens (tertiary/aromatic N) is 1. The van der Waals surface area contributed by atoms with E-state index in [2.05, 4.69) is 10.1 Å². The minimum atomic E-state index is 0.654. The van der Waals surface area contributed by atoms with Crippen LogP contribution in [0.15, 0.2) is 53.7 Å². The number of hydrogen-bond acceptors (Lipinski definition) is 2. The van der Waals surface area contributed by atoms with Crippen LogP contribution >= 0.6 is 11.6 Å². The monoisotopic (exact) mass is 270 g/mol. The predicted octanol–water partition coefficient (Wildman–Crippen LogP) is 4.30.